The minimum absolute atomic E-state index is 0.0370. The molecule has 2 amide bonds. The fraction of sp³-hybridized carbons (Fsp3) is 0.857. The first-order chi connectivity index (χ1) is 9.47. The van der Waals surface area contributed by atoms with Gasteiger partial charge in [-0.05, 0) is 19.3 Å². The molecule has 114 valence electrons. The van der Waals surface area contributed by atoms with Crippen LogP contribution >= 0.6 is 11.8 Å². The van der Waals surface area contributed by atoms with E-state index in [9.17, 15) is 9.59 Å². The number of carbonyl (C=O) groups is 2. The number of thioether (sulfide) groups is 1. The van der Waals surface area contributed by atoms with E-state index in [1.54, 1.807) is 4.90 Å². The van der Waals surface area contributed by atoms with Gasteiger partial charge in [-0.3, -0.25) is 4.79 Å². The molecule has 20 heavy (non-hydrogen) atoms. The average Bonchev–Trinajstić information content (AvgIpc) is 2.36. The molecule has 2 saturated heterocycles. The van der Waals surface area contributed by atoms with E-state index in [1.807, 2.05) is 16.7 Å². The normalized spacial score (nSPS) is 31.2. The molecule has 3 atom stereocenters. The van der Waals surface area contributed by atoms with Crippen LogP contribution < -0.4 is 0 Å². The molecule has 3 unspecified atom stereocenters. The molecule has 0 spiro atoms. The molecule has 0 aromatic rings. The molecule has 0 aliphatic carbocycles. The topological polar surface area (TPSA) is 60.9 Å². The summed E-state index contributed by atoms with van der Waals surface area (Å²) < 4.78 is 0. The monoisotopic (exact) mass is 300 g/mol. The lowest BCUT2D eigenvalue weighted by molar-refractivity contribution is -0.138. The lowest BCUT2D eigenvalue weighted by atomic mass is 10.00. The number of hydrogen-bond donors (Lipinski definition) is 1. The fourth-order valence-electron chi connectivity index (χ4n) is 3.18. The number of aliphatic carboxylic acids is 1. The van der Waals surface area contributed by atoms with Crippen molar-refractivity contribution in [2.75, 3.05) is 19.6 Å². The zero-order valence-corrected chi connectivity index (χ0v) is 13.1. The molecule has 1 N–H and O–H groups in total. The van der Waals surface area contributed by atoms with Gasteiger partial charge in [0.2, 0.25) is 0 Å². The van der Waals surface area contributed by atoms with Crippen LogP contribution in [0.3, 0.4) is 0 Å². The largest absolute Gasteiger partial charge is 0.481 e. The summed E-state index contributed by atoms with van der Waals surface area (Å²) in [5.74, 6) is -0.814. The average molecular weight is 300 g/mol. The van der Waals surface area contributed by atoms with Gasteiger partial charge in [-0.15, -0.1) is 0 Å². The zero-order valence-electron chi connectivity index (χ0n) is 12.2. The first-order valence-electron chi connectivity index (χ1n) is 7.40. The van der Waals surface area contributed by atoms with Gasteiger partial charge in [0.15, 0.2) is 0 Å². The lowest BCUT2D eigenvalue weighted by Gasteiger charge is -2.42. The van der Waals surface area contributed by atoms with Gasteiger partial charge < -0.3 is 14.9 Å². The number of urea groups is 1. The van der Waals surface area contributed by atoms with Crippen LogP contribution in [0.2, 0.25) is 0 Å². The number of likely N-dealkylation sites (tertiary alicyclic amines) is 1. The van der Waals surface area contributed by atoms with Crippen LogP contribution in [-0.2, 0) is 4.79 Å². The SMILES string of the molecule is CC1CN(C(=O)N2CCCCC2CC(=O)O)CC(C)S1. The van der Waals surface area contributed by atoms with Crippen LogP contribution in [0, 0.1) is 0 Å². The maximum absolute atomic E-state index is 12.7. The van der Waals surface area contributed by atoms with Gasteiger partial charge in [0.25, 0.3) is 0 Å². The van der Waals surface area contributed by atoms with Crippen LogP contribution in [0.15, 0.2) is 0 Å². The molecule has 2 fully saturated rings. The molecule has 2 aliphatic rings. The first-order valence-corrected chi connectivity index (χ1v) is 8.34. The highest BCUT2D eigenvalue weighted by atomic mass is 32.2. The molecule has 0 saturated carbocycles. The van der Waals surface area contributed by atoms with Gasteiger partial charge in [0.05, 0.1) is 6.42 Å². The number of carbonyl (C=O) groups excluding carboxylic acids is 1. The summed E-state index contributed by atoms with van der Waals surface area (Å²) in [5, 5.41) is 9.90. The third-order valence-corrected chi connectivity index (χ3v) is 5.20. The molecule has 6 heteroatoms. The second kappa shape index (κ2) is 6.70. The van der Waals surface area contributed by atoms with Crippen LogP contribution in [0.4, 0.5) is 4.79 Å². The van der Waals surface area contributed by atoms with Gasteiger partial charge in [0, 0.05) is 36.2 Å². The number of carboxylic acid groups (broad SMARTS) is 1. The van der Waals surface area contributed by atoms with Gasteiger partial charge in [-0.2, -0.15) is 11.8 Å². The standard InChI is InChI=1S/C14H24N2O3S/c1-10-8-15(9-11(2)20-10)14(19)16-6-4-3-5-12(16)7-13(17)18/h10-12H,3-9H2,1-2H3,(H,17,18). The molecule has 2 rings (SSSR count). The Kier molecular flexibility index (Phi) is 5.18. The van der Waals surface area contributed by atoms with Crippen LogP contribution in [-0.4, -0.2) is 63.1 Å². The zero-order chi connectivity index (χ0) is 14.7. The summed E-state index contributed by atoms with van der Waals surface area (Å²) in [6.45, 7) is 6.52. The molecule has 5 nitrogen and oxygen atoms in total. The number of rotatable bonds is 2. The van der Waals surface area contributed by atoms with Crippen molar-refractivity contribution < 1.29 is 14.7 Å². The summed E-state index contributed by atoms with van der Waals surface area (Å²) in [6, 6.07) is -0.0936. The van der Waals surface area contributed by atoms with Crippen molar-refractivity contribution in [3.8, 4) is 0 Å². The number of hydrogen-bond acceptors (Lipinski definition) is 3. The summed E-state index contributed by atoms with van der Waals surface area (Å²) >= 11 is 1.91. The number of piperidine rings is 1. The maximum atomic E-state index is 12.7. The van der Waals surface area contributed by atoms with Crippen molar-refractivity contribution in [2.24, 2.45) is 0 Å². The molecule has 0 aromatic heterocycles. The van der Waals surface area contributed by atoms with E-state index < -0.39 is 5.97 Å². The van der Waals surface area contributed by atoms with Crippen molar-refractivity contribution in [1.29, 1.82) is 0 Å². The van der Waals surface area contributed by atoms with Gasteiger partial charge in [-0.25, -0.2) is 4.79 Å². The van der Waals surface area contributed by atoms with Gasteiger partial charge in [-0.1, -0.05) is 13.8 Å². The van der Waals surface area contributed by atoms with Gasteiger partial charge >= 0.3 is 12.0 Å². The van der Waals surface area contributed by atoms with Crippen LogP contribution in [0.5, 0.6) is 0 Å². The Bertz CT molecular complexity index is 367. The summed E-state index contributed by atoms with van der Waals surface area (Å²) in [5.41, 5.74) is 0. The molecular weight excluding hydrogens is 276 g/mol. The van der Waals surface area contributed by atoms with Crippen LogP contribution in [0.1, 0.15) is 39.5 Å². The van der Waals surface area contributed by atoms with Crippen molar-refractivity contribution in [1.82, 2.24) is 9.80 Å². The van der Waals surface area contributed by atoms with Crippen molar-refractivity contribution in [2.45, 2.75) is 56.1 Å². The minimum Gasteiger partial charge on any atom is -0.481 e. The lowest BCUT2D eigenvalue weighted by Crippen LogP contribution is -2.54. The third-order valence-electron chi connectivity index (χ3n) is 3.97. The van der Waals surface area contributed by atoms with E-state index in [2.05, 4.69) is 13.8 Å². The Morgan fingerprint density at radius 3 is 2.45 bits per heavy atom. The summed E-state index contributed by atoms with van der Waals surface area (Å²) in [6.07, 6.45) is 2.88. The highest BCUT2D eigenvalue weighted by Crippen LogP contribution is 2.27. The van der Waals surface area contributed by atoms with Crippen molar-refractivity contribution in [3.05, 3.63) is 0 Å². The molecule has 0 bridgehead atoms. The summed E-state index contributed by atoms with van der Waals surface area (Å²) in [7, 11) is 0. The molecule has 2 heterocycles. The predicted molar refractivity (Wildman–Crippen MR) is 80.1 cm³/mol. The highest BCUT2D eigenvalue weighted by Gasteiger charge is 2.34. The number of amides is 2. The summed E-state index contributed by atoms with van der Waals surface area (Å²) in [4.78, 5) is 27.4. The predicted octanol–water partition coefficient (Wildman–Crippen LogP) is 2.26. The van der Waals surface area contributed by atoms with Crippen molar-refractivity contribution >= 4 is 23.8 Å². The minimum atomic E-state index is -0.814. The number of nitrogens with zero attached hydrogens (tertiary/aromatic N) is 2. The second-order valence-corrected chi connectivity index (χ2v) is 7.77. The third kappa shape index (κ3) is 3.81. The Morgan fingerprint density at radius 2 is 1.85 bits per heavy atom. The number of carboxylic acids is 1. The molecular formula is C14H24N2O3S. The van der Waals surface area contributed by atoms with E-state index in [0.717, 1.165) is 32.4 Å². The highest BCUT2D eigenvalue weighted by molar-refractivity contribution is 8.00. The van der Waals surface area contributed by atoms with E-state index in [1.165, 1.54) is 0 Å². The Morgan fingerprint density at radius 1 is 1.20 bits per heavy atom. The van der Waals surface area contributed by atoms with E-state index in [-0.39, 0.29) is 18.5 Å². The van der Waals surface area contributed by atoms with E-state index in [4.69, 9.17) is 5.11 Å². The van der Waals surface area contributed by atoms with E-state index in [0.29, 0.717) is 17.0 Å². The quantitative estimate of drug-likeness (QED) is 0.850. The molecule has 0 aromatic carbocycles. The van der Waals surface area contributed by atoms with Gasteiger partial charge in [0.1, 0.15) is 0 Å². The Balaban J connectivity index is 2.03. The van der Waals surface area contributed by atoms with E-state index >= 15 is 0 Å². The smallest absolute Gasteiger partial charge is 0.320 e. The Hall–Kier alpha value is -0.910. The maximum Gasteiger partial charge on any atom is 0.320 e. The first kappa shape index (κ1) is 15.5. The van der Waals surface area contributed by atoms with Crippen molar-refractivity contribution in [3.63, 3.8) is 0 Å². The fourth-order valence-corrected chi connectivity index (χ4v) is 4.51. The van der Waals surface area contributed by atoms with Crippen LogP contribution in [0.25, 0.3) is 0 Å². The second-order valence-electron chi connectivity index (χ2n) is 5.89. The molecule has 0 radical (unpaired) electrons. The Labute approximate surface area is 124 Å². The molecule has 2 aliphatic heterocycles.